The number of rotatable bonds is 1. The summed E-state index contributed by atoms with van der Waals surface area (Å²) in [4.78, 5) is 0. The van der Waals surface area contributed by atoms with Gasteiger partial charge in [-0.3, -0.25) is 0 Å². The molecule has 0 aliphatic rings. The summed E-state index contributed by atoms with van der Waals surface area (Å²) in [6, 6.07) is 0. The molecule has 0 saturated carbocycles. The van der Waals surface area contributed by atoms with Crippen molar-refractivity contribution in [2.24, 2.45) is 0 Å². The average Bonchev–Trinajstić information content (AvgIpc) is 1.37. The fraction of sp³-hybridized carbons (Fsp3) is 0.500. The summed E-state index contributed by atoms with van der Waals surface area (Å²) in [5.41, 5.74) is 0. The predicted octanol–water partition coefficient (Wildman–Crippen LogP) is 2.02. The van der Waals surface area contributed by atoms with E-state index in [1.54, 1.807) is 0 Å². The molecule has 0 N–H and O–H groups in total. The van der Waals surface area contributed by atoms with Crippen LogP contribution in [0.25, 0.3) is 0 Å². The number of halogens is 2. The van der Waals surface area contributed by atoms with Gasteiger partial charge in [0, 0.05) is 8.86 Å². The van der Waals surface area contributed by atoms with Crippen molar-refractivity contribution >= 4 is 45.2 Å². The van der Waals surface area contributed by atoms with Gasteiger partial charge in [-0.25, -0.2) is 0 Å². The molecule has 0 aromatic carbocycles. The molecule has 0 atom stereocenters. The molecule has 25 valence electrons. The summed E-state index contributed by atoms with van der Waals surface area (Å²) in [5, 5.41) is 0. The standard InChI is InChI=1S/C2H3I2/c3-1-2-4/h1H,2H2. The van der Waals surface area contributed by atoms with Crippen molar-refractivity contribution < 1.29 is 0 Å². The van der Waals surface area contributed by atoms with Gasteiger partial charge in [-0.05, 0) is 0 Å². The van der Waals surface area contributed by atoms with E-state index >= 15 is 0 Å². The topological polar surface area (TPSA) is 0 Å². The summed E-state index contributed by atoms with van der Waals surface area (Å²) in [6.07, 6.45) is 0. The van der Waals surface area contributed by atoms with Crippen molar-refractivity contribution in [2.45, 2.75) is 0 Å². The van der Waals surface area contributed by atoms with Crippen molar-refractivity contribution in [3.05, 3.63) is 4.43 Å². The minimum absolute atomic E-state index is 1.15. The quantitative estimate of drug-likeness (QED) is 0.509. The predicted molar refractivity (Wildman–Crippen MR) is 37.2 cm³/mol. The molecule has 0 aromatic rings. The van der Waals surface area contributed by atoms with Crippen molar-refractivity contribution in [1.29, 1.82) is 0 Å². The lowest BCUT2D eigenvalue weighted by Gasteiger charge is -1.63. The second-order valence-corrected chi connectivity index (χ2v) is 2.07. The third-order valence-electron chi connectivity index (χ3n) is 0.0583. The van der Waals surface area contributed by atoms with Crippen LogP contribution in [0, 0.1) is 4.43 Å². The lowest BCUT2D eigenvalue weighted by molar-refractivity contribution is 1.89. The second kappa shape index (κ2) is 4.46. The van der Waals surface area contributed by atoms with Gasteiger partial charge in [-0.1, -0.05) is 45.2 Å². The minimum Gasteiger partial charge on any atom is -0.0852 e. The van der Waals surface area contributed by atoms with E-state index in [1.165, 1.54) is 0 Å². The number of alkyl halides is 1. The van der Waals surface area contributed by atoms with Crippen LogP contribution >= 0.6 is 45.2 Å². The molecule has 4 heavy (non-hydrogen) atoms. The molecule has 0 amide bonds. The summed E-state index contributed by atoms with van der Waals surface area (Å²) >= 11 is 4.51. The van der Waals surface area contributed by atoms with Crippen molar-refractivity contribution in [2.75, 3.05) is 4.43 Å². The summed E-state index contributed by atoms with van der Waals surface area (Å²) in [7, 11) is 0. The Bertz CT molecular complexity index is 6.00. The molecule has 2 heteroatoms. The molecule has 0 rings (SSSR count). The fourth-order valence-corrected chi connectivity index (χ4v) is 0. The maximum atomic E-state index is 2.29. The van der Waals surface area contributed by atoms with E-state index < -0.39 is 0 Å². The molecule has 0 bridgehead atoms. The molecule has 0 spiro atoms. The van der Waals surface area contributed by atoms with Gasteiger partial charge in [0.15, 0.2) is 0 Å². The highest BCUT2D eigenvalue weighted by atomic mass is 127. The van der Waals surface area contributed by atoms with Crippen molar-refractivity contribution in [3.8, 4) is 0 Å². The Morgan fingerprint density at radius 1 is 1.75 bits per heavy atom. The van der Waals surface area contributed by atoms with E-state index in [1.807, 2.05) is 0 Å². The largest absolute Gasteiger partial charge is 0.0852 e. The average molecular weight is 281 g/mol. The molecule has 0 heterocycles. The molecule has 0 saturated heterocycles. The first-order chi connectivity index (χ1) is 1.91. The van der Waals surface area contributed by atoms with Crippen LogP contribution in [-0.4, -0.2) is 4.43 Å². The van der Waals surface area contributed by atoms with Gasteiger partial charge >= 0.3 is 0 Å². The van der Waals surface area contributed by atoms with Gasteiger partial charge in [0.05, 0.1) is 0 Å². The highest BCUT2D eigenvalue weighted by Crippen LogP contribution is 1.92. The Morgan fingerprint density at radius 2 is 2.00 bits per heavy atom. The maximum Gasteiger partial charge on any atom is 0.0324 e. The van der Waals surface area contributed by atoms with Crippen LogP contribution in [0.2, 0.25) is 0 Å². The van der Waals surface area contributed by atoms with E-state index in [-0.39, 0.29) is 0 Å². The lowest BCUT2D eigenvalue weighted by Crippen LogP contribution is -1.49. The highest BCUT2D eigenvalue weighted by molar-refractivity contribution is 14.1. The summed E-state index contributed by atoms with van der Waals surface area (Å²) in [6.45, 7) is 0. The summed E-state index contributed by atoms with van der Waals surface area (Å²) < 4.78 is 3.23. The monoisotopic (exact) mass is 281 g/mol. The smallest absolute Gasteiger partial charge is 0.0324 e. The third kappa shape index (κ3) is 3.46. The van der Waals surface area contributed by atoms with Gasteiger partial charge in [0.2, 0.25) is 0 Å². The first-order valence-corrected chi connectivity index (χ1v) is 3.66. The van der Waals surface area contributed by atoms with Crippen LogP contribution in [0.3, 0.4) is 0 Å². The Morgan fingerprint density at radius 3 is 2.00 bits per heavy atom. The summed E-state index contributed by atoms with van der Waals surface area (Å²) in [5.74, 6) is 0. The van der Waals surface area contributed by atoms with Crippen molar-refractivity contribution in [3.63, 3.8) is 0 Å². The highest BCUT2D eigenvalue weighted by Gasteiger charge is 1.61. The molecule has 0 unspecified atom stereocenters. The minimum atomic E-state index is 1.15. The first-order valence-electron chi connectivity index (χ1n) is 0.894. The maximum absolute atomic E-state index is 2.29. The molecule has 0 aliphatic carbocycles. The van der Waals surface area contributed by atoms with Crippen LogP contribution in [0.15, 0.2) is 0 Å². The van der Waals surface area contributed by atoms with Crippen LogP contribution < -0.4 is 0 Å². The lowest BCUT2D eigenvalue weighted by atomic mass is 11.0. The van der Waals surface area contributed by atoms with Gasteiger partial charge in [0.1, 0.15) is 0 Å². The third-order valence-corrected chi connectivity index (χ3v) is 2.62. The van der Waals surface area contributed by atoms with Gasteiger partial charge in [-0.15, -0.1) is 0 Å². The SMILES string of the molecule is I[CH]CI. The van der Waals surface area contributed by atoms with Crippen LogP contribution in [0.4, 0.5) is 0 Å². The molecule has 0 aliphatic heterocycles. The second-order valence-electron chi connectivity index (χ2n) is 0.309. The zero-order valence-electron chi connectivity index (χ0n) is 2.04. The molecule has 1 radical (unpaired) electrons. The Hall–Kier alpha value is 1.46. The molecule has 0 fully saturated rings. The molecular formula is C2H3I2. The zero-order valence-corrected chi connectivity index (χ0v) is 6.36. The van der Waals surface area contributed by atoms with Crippen LogP contribution in [-0.2, 0) is 0 Å². The van der Waals surface area contributed by atoms with E-state index in [4.69, 9.17) is 0 Å². The van der Waals surface area contributed by atoms with E-state index in [9.17, 15) is 0 Å². The van der Waals surface area contributed by atoms with E-state index in [0.29, 0.717) is 0 Å². The van der Waals surface area contributed by atoms with Gasteiger partial charge in [-0.2, -0.15) is 0 Å². The Kier molecular flexibility index (Phi) is 6.09. The van der Waals surface area contributed by atoms with Crippen molar-refractivity contribution in [1.82, 2.24) is 0 Å². The first kappa shape index (κ1) is 5.46. The Balaban J connectivity index is 1.97. The van der Waals surface area contributed by atoms with E-state index in [0.717, 1.165) is 4.43 Å². The number of hydrogen-bond acceptors (Lipinski definition) is 0. The van der Waals surface area contributed by atoms with E-state index in [2.05, 4.69) is 49.6 Å². The van der Waals surface area contributed by atoms with Gasteiger partial charge in [0.25, 0.3) is 0 Å². The fourth-order valence-electron chi connectivity index (χ4n) is 0. The normalized spacial score (nSPS) is 7.50. The zero-order chi connectivity index (χ0) is 3.41. The van der Waals surface area contributed by atoms with Gasteiger partial charge < -0.3 is 0 Å². The molecule has 0 aromatic heterocycles. The molecule has 0 nitrogen and oxygen atoms in total. The number of hydrogen-bond donors (Lipinski definition) is 0. The Labute approximate surface area is 53.6 Å². The molecular weight excluding hydrogens is 278 g/mol. The van der Waals surface area contributed by atoms with Crippen LogP contribution in [0.1, 0.15) is 0 Å². The van der Waals surface area contributed by atoms with Crippen LogP contribution in [0.5, 0.6) is 0 Å².